The third-order valence-electron chi connectivity index (χ3n) is 4.64. The molecule has 18 heavy (non-hydrogen) atoms. The summed E-state index contributed by atoms with van der Waals surface area (Å²) in [6, 6.07) is 0. The molecular formula is C13H22N2O3. The Labute approximate surface area is 107 Å². The molecule has 1 aliphatic heterocycles. The smallest absolute Gasteiger partial charge is 0.329 e. The minimum absolute atomic E-state index is 0.151. The number of carboxylic acids is 1. The van der Waals surface area contributed by atoms with E-state index < -0.39 is 17.0 Å². The summed E-state index contributed by atoms with van der Waals surface area (Å²) in [6.45, 7) is 2.36. The Morgan fingerprint density at radius 2 is 1.83 bits per heavy atom. The largest absolute Gasteiger partial charge is 0.479 e. The SMILES string of the molecule is CCC1(C(=O)O)CCCN1C(=O)C1(N)CCCC1. The predicted octanol–water partition coefficient (Wildman–Crippen LogP) is 1.11. The third kappa shape index (κ3) is 1.81. The maximum absolute atomic E-state index is 12.6. The second-order valence-corrected chi connectivity index (χ2v) is 5.61. The fourth-order valence-electron chi connectivity index (χ4n) is 3.40. The molecule has 1 saturated carbocycles. The van der Waals surface area contributed by atoms with E-state index >= 15 is 0 Å². The Hall–Kier alpha value is -1.10. The number of rotatable bonds is 3. The molecule has 1 amide bonds. The number of hydrogen-bond donors (Lipinski definition) is 2. The van der Waals surface area contributed by atoms with Crippen LogP contribution < -0.4 is 5.73 Å². The summed E-state index contributed by atoms with van der Waals surface area (Å²) in [4.78, 5) is 25.7. The molecule has 0 aromatic heterocycles. The van der Waals surface area contributed by atoms with Gasteiger partial charge in [-0.2, -0.15) is 0 Å². The lowest BCUT2D eigenvalue weighted by molar-refractivity contribution is -0.159. The first-order valence-electron chi connectivity index (χ1n) is 6.81. The van der Waals surface area contributed by atoms with Crippen LogP contribution in [0, 0.1) is 0 Å². The predicted molar refractivity (Wildman–Crippen MR) is 67.0 cm³/mol. The summed E-state index contributed by atoms with van der Waals surface area (Å²) in [5.41, 5.74) is 4.33. The number of likely N-dealkylation sites (tertiary alicyclic amines) is 1. The van der Waals surface area contributed by atoms with Gasteiger partial charge in [0.25, 0.3) is 0 Å². The molecule has 0 spiro atoms. The van der Waals surface area contributed by atoms with Crippen LogP contribution in [-0.4, -0.2) is 39.5 Å². The molecular weight excluding hydrogens is 232 g/mol. The highest BCUT2D eigenvalue weighted by atomic mass is 16.4. The van der Waals surface area contributed by atoms with E-state index in [1.54, 1.807) is 4.90 Å². The maximum Gasteiger partial charge on any atom is 0.329 e. The quantitative estimate of drug-likeness (QED) is 0.790. The van der Waals surface area contributed by atoms with Gasteiger partial charge in [-0.15, -0.1) is 0 Å². The second kappa shape index (κ2) is 4.53. The highest BCUT2D eigenvalue weighted by molar-refractivity contribution is 5.92. The molecule has 1 atom stereocenters. The molecule has 3 N–H and O–H groups in total. The van der Waals surface area contributed by atoms with E-state index in [9.17, 15) is 14.7 Å². The van der Waals surface area contributed by atoms with E-state index in [2.05, 4.69) is 0 Å². The number of amides is 1. The molecule has 1 unspecified atom stereocenters. The number of nitrogens with zero attached hydrogens (tertiary/aromatic N) is 1. The van der Waals surface area contributed by atoms with Gasteiger partial charge >= 0.3 is 5.97 Å². The highest BCUT2D eigenvalue weighted by Crippen LogP contribution is 2.37. The molecule has 5 heteroatoms. The van der Waals surface area contributed by atoms with Crippen LogP contribution in [0.5, 0.6) is 0 Å². The summed E-state index contributed by atoms with van der Waals surface area (Å²) in [6.07, 6.45) is 5.03. The molecule has 0 radical (unpaired) electrons. The van der Waals surface area contributed by atoms with Gasteiger partial charge in [0.1, 0.15) is 5.54 Å². The topological polar surface area (TPSA) is 83.6 Å². The van der Waals surface area contributed by atoms with Crippen molar-refractivity contribution in [3.8, 4) is 0 Å². The van der Waals surface area contributed by atoms with Crippen LogP contribution in [0.4, 0.5) is 0 Å². The van der Waals surface area contributed by atoms with Gasteiger partial charge in [-0.1, -0.05) is 19.8 Å². The first kappa shape index (κ1) is 13.3. The van der Waals surface area contributed by atoms with Gasteiger partial charge < -0.3 is 15.7 Å². The Kier molecular flexibility index (Phi) is 3.36. The van der Waals surface area contributed by atoms with Gasteiger partial charge in [0.15, 0.2) is 0 Å². The lowest BCUT2D eigenvalue weighted by Crippen LogP contribution is -2.61. The van der Waals surface area contributed by atoms with Crippen molar-refractivity contribution >= 4 is 11.9 Å². The standard InChI is InChI=1S/C13H22N2O3/c1-2-13(11(17)18)8-5-9-15(13)10(16)12(14)6-3-4-7-12/h2-9,14H2,1H3,(H,17,18). The van der Waals surface area contributed by atoms with Crippen LogP contribution in [0.1, 0.15) is 51.9 Å². The first-order chi connectivity index (χ1) is 8.46. The normalized spacial score (nSPS) is 30.7. The van der Waals surface area contributed by atoms with E-state index in [4.69, 9.17) is 5.73 Å². The fourth-order valence-corrected chi connectivity index (χ4v) is 3.40. The molecule has 5 nitrogen and oxygen atoms in total. The molecule has 2 fully saturated rings. The number of carbonyl (C=O) groups excluding carboxylic acids is 1. The summed E-state index contributed by atoms with van der Waals surface area (Å²) >= 11 is 0. The monoisotopic (exact) mass is 254 g/mol. The molecule has 1 saturated heterocycles. The van der Waals surface area contributed by atoms with Crippen molar-refractivity contribution in [1.82, 2.24) is 4.90 Å². The fraction of sp³-hybridized carbons (Fsp3) is 0.846. The summed E-state index contributed by atoms with van der Waals surface area (Å²) in [5, 5.41) is 9.48. The Balaban J connectivity index is 2.26. The van der Waals surface area contributed by atoms with E-state index in [1.807, 2.05) is 6.92 Å². The minimum atomic E-state index is -1.02. The van der Waals surface area contributed by atoms with Crippen molar-refractivity contribution in [1.29, 1.82) is 0 Å². The van der Waals surface area contributed by atoms with E-state index in [0.717, 1.165) is 19.3 Å². The third-order valence-corrected chi connectivity index (χ3v) is 4.64. The van der Waals surface area contributed by atoms with Crippen LogP contribution in [0.25, 0.3) is 0 Å². The van der Waals surface area contributed by atoms with Crippen molar-refractivity contribution in [2.45, 2.75) is 62.9 Å². The van der Waals surface area contributed by atoms with Crippen molar-refractivity contribution in [2.75, 3.05) is 6.54 Å². The van der Waals surface area contributed by atoms with E-state index in [0.29, 0.717) is 32.2 Å². The van der Waals surface area contributed by atoms with Crippen LogP contribution in [0.2, 0.25) is 0 Å². The molecule has 0 aromatic carbocycles. The zero-order chi connectivity index (χ0) is 13.4. The van der Waals surface area contributed by atoms with Crippen molar-refractivity contribution in [3.63, 3.8) is 0 Å². The molecule has 1 aliphatic carbocycles. The summed E-state index contributed by atoms with van der Waals surface area (Å²) in [7, 11) is 0. The summed E-state index contributed by atoms with van der Waals surface area (Å²) < 4.78 is 0. The molecule has 2 rings (SSSR count). The van der Waals surface area contributed by atoms with Crippen LogP contribution >= 0.6 is 0 Å². The van der Waals surface area contributed by atoms with Gasteiger partial charge in [-0.3, -0.25) is 4.79 Å². The minimum Gasteiger partial charge on any atom is -0.479 e. The average Bonchev–Trinajstić information content (AvgIpc) is 2.95. The van der Waals surface area contributed by atoms with Gasteiger partial charge in [0, 0.05) is 6.54 Å². The second-order valence-electron chi connectivity index (χ2n) is 5.61. The number of nitrogens with two attached hydrogens (primary N) is 1. The number of hydrogen-bond acceptors (Lipinski definition) is 3. The molecule has 0 bridgehead atoms. The zero-order valence-electron chi connectivity index (χ0n) is 10.9. The first-order valence-corrected chi connectivity index (χ1v) is 6.81. The lowest BCUT2D eigenvalue weighted by Gasteiger charge is -2.38. The van der Waals surface area contributed by atoms with Gasteiger partial charge in [0.2, 0.25) is 5.91 Å². The van der Waals surface area contributed by atoms with E-state index in [1.165, 1.54) is 0 Å². The van der Waals surface area contributed by atoms with Crippen molar-refractivity contribution < 1.29 is 14.7 Å². The highest BCUT2D eigenvalue weighted by Gasteiger charge is 2.52. The van der Waals surface area contributed by atoms with Crippen LogP contribution in [0.15, 0.2) is 0 Å². The molecule has 1 heterocycles. The number of aliphatic carboxylic acids is 1. The van der Waals surface area contributed by atoms with Crippen LogP contribution in [-0.2, 0) is 9.59 Å². The van der Waals surface area contributed by atoms with Gasteiger partial charge in [-0.25, -0.2) is 4.79 Å². The van der Waals surface area contributed by atoms with Gasteiger partial charge in [0.05, 0.1) is 5.54 Å². The average molecular weight is 254 g/mol. The van der Waals surface area contributed by atoms with Crippen molar-refractivity contribution in [2.24, 2.45) is 5.73 Å². The molecule has 0 aromatic rings. The van der Waals surface area contributed by atoms with Crippen LogP contribution in [0.3, 0.4) is 0 Å². The van der Waals surface area contributed by atoms with E-state index in [-0.39, 0.29) is 5.91 Å². The lowest BCUT2D eigenvalue weighted by atomic mass is 9.89. The number of carbonyl (C=O) groups is 2. The maximum atomic E-state index is 12.6. The zero-order valence-corrected chi connectivity index (χ0v) is 10.9. The Bertz CT molecular complexity index is 363. The van der Waals surface area contributed by atoms with Crippen molar-refractivity contribution in [3.05, 3.63) is 0 Å². The number of carboxylic acid groups (broad SMARTS) is 1. The Morgan fingerprint density at radius 1 is 1.22 bits per heavy atom. The summed E-state index contributed by atoms with van der Waals surface area (Å²) in [5.74, 6) is -1.04. The Morgan fingerprint density at radius 3 is 2.33 bits per heavy atom. The molecule has 102 valence electrons. The van der Waals surface area contributed by atoms with Gasteiger partial charge in [-0.05, 0) is 32.1 Å². The molecule has 2 aliphatic rings.